The lowest BCUT2D eigenvalue weighted by molar-refractivity contribution is 0.0405. The van der Waals surface area contributed by atoms with Crippen molar-refractivity contribution in [2.24, 2.45) is 11.8 Å². The third-order valence-electron chi connectivity index (χ3n) is 4.06. The molecule has 0 bridgehead atoms. The van der Waals surface area contributed by atoms with E-state index in [-0.39, 0.29) is 0 Å². The van der Waals surface area contributed by atoms with Crippen molar-refractivity contribution in [3.05, 3.63) is 0 Å². The molecule has 1 aliphatic heterocycles. The summed E-state index contributed by atoms with van der Waals surface area (Å²) in [6.07, 6.45) is 7.74. The van der Waals surface area contributed by atoms with E-state index in [0.717, 1.165) is 57.7 Å². The monoisotopic (exact) mass is 525 g/mol. The highest BCUT2D eigenvalue weighted by molar-refractivity contribution is 4.65. The van der Waals surface area contributed by atoms with E-state index in [9.17, 15) is 0 Å². The van der Waals surface area contributed by atoms with E-state index >= 15 is 0 Å². The molecule has 0 aromatic rings. The van der Waals surface area contributed by atoms with Crippen molar-refractivity contribution in [1.29, 1.82) is 0 Å². The van der Waals surface area contributed by atoms with Gasteiger partial charge in [-0.3, -0.25) is 4.90 Å². The summed E-state index contributed by atoms with van der Waals surface area (Å²) >= 11 is 0. The van der Waals surface area contributed by atoms with Gasteiger partial charge in [0.25, 0.3) is 0 Å². The van der Waals surface area contributed by atoms with Gasteiger partial charge in [0.05, 0.1) is 13.2 Å². The lowest BCUT2D eigenvalue weighted by atomic mass is 10.3. The Labute approximate surface area is 231 Å². The molecule has 0 spiro atoms. The molecule has 0 atom stereocenters. The van der Waals surface area contributed by atoms with E-state index in [1.807, 2.05) is 13.8 Å². The van der Waals surface area contributed by atoms with Crippen LogP contribution < -0.4 is 0 Å². The summed E-state index contributed by atoms with van der Waals surface area (Å²) in [5.74, 6) is 1.92. The molecule has 2 aliphatic rings. The first-order valence-electron chi connectivity index (χ1n) is 15.0. The Kier molecular flexibility index (Phi) is 69.8. The molecule has 1 heterocycles. The van der Waals surface area contributed by atoms with E-state index in [2.05, 4.69) is 97.9 Å². The fourth-order valence-corrected chi connectivity index (χ4v) is 1.08. The van der Waals surface area contributed by atoms with E-state index in [0.29, 0.717) is 6.61 Å². The summed E-state index contributed by atoms with van der Waals surface area (Å²) in [6, 6.07) is 0. The number of morpholine rings is 1. The Morgan fingerprint density at radius 3 is 1.22 bits per heavy atom. The van der Waals surface area contributed by atoms with Crippen LogP contribution in [0, 0.1) is 11.8 Å². The molecule has 36 heavy (non-hydrogen) atoms. The fourth-order valence-electron chi connectivity index (χ4n) is 1.08. The van der Waals surface area contributed by atoms with Gasteiger partial charge in [-0.1, -0.05) is 108 Å². The van der Waals surface area contributed by atoms with Crippen LogP contribution in [0.4, 0.5) is 0 Å². The number of aliphatic hydroxyl groups is 1. The highest BCUT2D eigenvalue weighted by Gasteiger charge is 2.12. The predicted molar refractivity (Wildman–Crippen MR) is 168 cm³/mol. The maximum Gasteiger partial charge on any atom is 0.0594 e. The Hall–Kier alpha value is -0.200. The molecule has 0 amide bonds. The molecular formula is C31H76N2O3. The maximum absolute atomic E-state index is 7.88. The van der Waals surface area contributed by atoms with Gasteiger partial charge in [0, 0.05) is 33.4 Å². The molecule has 0 radical (unpaired) electrons. The summed E-state index contributed by atoms with van der Waals surface area (Å²) in [6.45, 7) is 33.1. The molecule has 2 fully saturated rings. The zero-order valence-electron chi connectivity index (χ0n) is 28.2. The summed E-state index contributed by atoms with van der Waals surface area (Å²) in [5.41, 5.74) is 0. The zero-order chi connectivity index (χ0) is 29.6. The van der Waals surface area contributed by atoms with Crippen molar-refractivity contribution in [2.45, 2.75) is 122 Å². The van der Waals surface area contributed by atoms with Gasteiger partial charge in [-0.25, -0.2) is 0 Å². The number of rotatable bonds is 5. The average molecular weight is 525 g/mol. The number of likely N-dealkylation sites (N-methyl/N-ethyl adjacent to an activating group) is 1. The molecule has 0 aromatic heterocycles. The van der Waals surface area contributed by atoms with Crippen LogP contribution in [0.2, 0.25) is 0 Å². The van der Waals surface area contributed by atoms with Gasteiger partial charge in [0.15, 0.2) is 0 Å². The normalized spacial score (nSPS) is 13.5. The summed E-state index contributed by atoms with van der Waals surface area (Å²) in [7, 11) is 5.79. The van der Waals surface area contributed by atoms with Gasteiger partial charge in [0.1, 0.15) is 0 Å². The molecule has 1 saturated carbocycles. The quantitative estimate of drug-likeness (QED) is 0.392. The van der Waals surface area contributed by atoms with Crippen molar-refractivity contribution in [3.8, 4) is 0 Å². The van der Waals surface area contributed by atoms with E-state index < -0.39 is 0 Å². The molecule has 1 aliphatic carbocycles. The standard InChI is InChI=1S/C6H13NO.C4H11N.C4H8.2C4H10.2C3H8O.C3H8/c1-2-7-3-5-8-6-4-7;1-4-5(2)3;1-4-2-3-4;1-4(2)3;2*1-3-4-2;1-2-3-4;1-3-2/h2-6H2,1H3;4H2,1-3H3;4H,2-3H2,1H3;4H,1-3H3;3-4H2,1-2H3;3H2,1-2H3;4H,2-3H2,1H3;3H2,1-2H3. The van der Waals surface area contributed by atoms with Gasteiger partial charge >= 0.3 is 0 Å². The number of nitrogens with zero attached hydrogens (tertiary/aromatic N) is 2. The first-order chi connectivity index (χ1) is 17.0. The highest BCUT2D eigenvalue weighted by Crippen LogP contribution is 2.26. The predicted octanol–water partition coefficient (Wildman–Crippen LogP) is 8.25. The number of hydrogen-bond acceptors (Lipinski definition) is 5. The Balaban J connectivity index is -0.0000000732. The lowest BCUT2D eigenvalue weighted by Crippen LogP contribution is -2.35. The van der Waals surface area contributed by atoms with Crippen molar-refractivity contribution in [3.63, 3.8) is 0 Å². The molecule has 1 saturated heterocycles. The largest absolute Gasteiger partial charge is 0.396 e. The van der Waals surface area contributed by atoms with Gasteiger partial charge in [-0.2, -0.15) is 0 Å². The summed E-state index contributed by atoms with van der Waals surface area (Å²) in [4.78, 5) is 4.52. The Morgan fingerprint density at radius 2 is 1.14 bits per heavy atom. The highest BCUT2D eigenvalue weighted by atomic mass is 16.5. The Bertz CT molecular complexity index is 263. The second kappa shape index (κ2) is 51.4. The first-order valence-corrected chi connectivity index (χ1v) is 15.0. The van der Waals surface area contributed by atoms with E-state index in [1.165, 1.54) is 38.6 Å². The van der Waals surface area contributed by atoms with Gasteiger partial charge in [0.2, 0.25) is 0 Å². The topological polar surface area (TPSA) is 45.2 Å². The number of unbranched alkanes of at least 4 members (excludes halogenated alkanes) is 1. The number of hydrogen-bond donors (Lipinski definition) is 1. The first kappa shape index (κ1) is 48.8. The average Bonchev–Trinajstić information content (AvgIpc) is 3.67. The minimum atomic E-state index is 0.319. The molecule has 228 valence electrons. The van der Waals surface area contributed by atoms with Crippen molar-refractivity contribution in [2.75, 3.05) is 73.8 Å². The van der Waals surface area contributed by atoms with Crippen LogP contribution in [0.1, 0.15) is 122 Å². The van der Waals surface area contributed by atoms with Gasteiger partial charge in [-0.15, -0.1) is 0 Å². The zero-order valence-corrected chi connectivity index (χ0v) is 28.2. The fraction of sp³-hybridized carbons (Fsp3) is 1.00. The third kappa shape index (κ3) is 115. The smallest absolute Gasteiger partial charge is 0.0594 e. The molecule has 0 aromatic carbocycles. The lowest BCUT2D eigenvalue weighted by Gasteiger charge is -2.24. The van der Waals surface area contributed by atoms with Crippen LogP contribution in [0.5, 0.6) is 0 Å². The third-order valence-corrected chi connectivity index (χ3v) is 4.06. The van der Waals surface area contributed by atoms with Crippen molar-refractivity contribution in [1.82, 2.24) is 9.80 Å². The number of methoxy groups -OCH3 is 1. The van der Waals surface area contributed by atoms with Crippen LogP contribution in [0.3, 0.4) is 0 Å². The minimum Gasteiger partial charge on any atom is -0.396 e. The number of ether oxygens (including phenoxy) is 2. The number of aliphatic hydroxyl groups excluding tert-OH is 1. The van der Waals surface area contributed by atoms with Crippen LogP contribution in [0.15, 0.2) is 0 Å². The van der Waals surface area contributed by atoms with Crippen LogP contribution in [-0.4, -0.2) is 88.7 Å². The second-order valence-corrected chi connectivity index (χ2v) is 9.87. The van der Waals surface area contributed by atoms with Crippen LogP contribution in [0.25, 0.3) is 0 Å². The Morgan fingerprint density at radius 1 is 0.861 bits per heavy atom. The summed E-state index contributed by atoms with van der Waals surface area (Å²) < 4.78 is 9.70. The molecular weight excluding hydrogens is 448 g/mol. The van der Waals surface area contributed by atoms with Crippen LogP contribution in [-0.2, 0) is 9.47 Å². The molecule has 1 N–H and O–H groups in total. The van der Waals surface area contributed by atoms with Gasteiger partial charge < -0.3 is 19.5 Å². The summed E-state index contributed by atoms with van der Waals surface area (Å²) in [5, 5.41) is 7.88. The maximum atomic E-state index is 7.88. The minimum absolute atomic E-state index is 0.319. The van der Waals surface area contributed by atoms with Gasteiger partial charge in [-0.05, 0) is 52.4 Å². The SMILES string of the molecule is CC(C)C.CC1CC1.CCC.CCCC.CCCO.CCN(C)C.CCN1CCOCC1.CCOC. The van der Waals surface area contributed by atoms with Crippen LogP contribution >= 0.6 is 0 Å². The molecule has 5 heteroatoms. The van der Waals surface area contributed by atoms with E-state index in [1.54, 1.807) is 7.11 Å². The van der Waals surface area contributed by atoms with Crippen molar-refractivity contribution < 1.29 is 14.6 Å². The molecule has 0 unspecified atom stereocenters. The van der Waals surface area contributed by atoms with Crippen molar-refractivity contribution >= 4 is 0 Å². The molecule has 2 rings (SSSR count). The van der Waals surface area contributed by atoms with E-state index in [4.69, 9.17) is 9.84 Å². The second-order valence-electron chi connectivity index (χ2n) is 9.87. The molecule has 5 nitrogen and oxygen atoms in total.